The summed E-state index contributed by atoms with van der Waals surface area (Å²) in [4.78, 5) is 56.2. The summed E-state index contributed by atoms with van der Waals surface area (Å²) in [5.41, 5.74) is 3.97. The number of benzene rings is 2. The Labute approximate surface area is 262 Å². The zero-order valence-electron chi connectivity index (χ0n) is 26.3. The molecule has 0 saturated carbocycles. The number of halogens is 2. The summed E-state index contributed by atoms with van der Waals surface area (Å²) in [6.45, 7) is 10.2. The van der Waals surface area contributed by atoms with Crippen molar-refractivity contribution < 1.29 is 28.0 Å². The number of carbonyl (C=O) groups is 4. The molecule has 0 bridgehead atoms. The van der Waals surface area contributed by atoms with Gasteiger partial charge in [0.1, 0.15) is 17.7 Å². The lowest BCUT2D eigenvalue weighted by molar-refractivity contribution is -0.136. The third kappa shape index (κ3) is 5.92. The number of allylic oxidation sites excluding steroid dienone is 1. The van der Waals surface area contributed by atoms with E-state index in [9.17, 15) is 23.6 Å². The third-order valence-corrected chi connectivity index (χ3v) is 10.0. The molecule has 3 unspecified atom stereocenters. The molecule has 0 aromatic heterocycles. The minimum Gasteiger partial charge on any atom is -0.335 e. The number of rotatable bonds is 5. The Morgan fingerprint density at radius 1 is 0.978 bits per heavy atom. The van der Waals surface area contributed by atoms with E-state index in [-0.39, 0.29) is 59.4 Å². The highest BCUT2D eigenvalue weighted by Gasteiger charge is 2.42. The molecular formula is C35H40F2N4O4. The molecule has 3 aliphatic heterocycles. The van der Waals surface area contributed by atoms with Crippen molar-refractivity contribution in [2.45, 2.75) is 84.5 Å². The van der Waals surface area contributed by atoms with Crippen LogP contribution in [0.1, 0.15) is 91.6 Å². The largest absolute Gasteiger partial charge is 0.335 e. The van der Waals surface area contributed by atoms with Gasteiger partial charge in [-0.1, -0.05) is 31.6 Å². The maximum absolute atomic E-state index is 15.9. The molecule has 6 rings (SSSR count). The molecule has 0 radical (unpaired) electrons. The van der Waals surface area contributed by atoms with Gasteiger partial charge in [0.05, 0.1) is 12.1 Å². The van der Waals surface area contributed by atoms with Crippen molar-refractivity contribution in [2.24, 2.45) is 5.41 Å². The van der Waals surface area contributed by atoms with Gasteiger partial charge in [0.25, 0.3) is 11.8 Å². The minimum atomic E-state index is -0.857. The highest BCUT2D eigenvalue weighted by Crippen LogP contribution is 2.43. The number of imide groups is 1. The van der Waals surface area contributed by atoms with Crippen molar-refractivity contribution in [2.75, 3.05) is 19.6 Å². The van der Waals surface area contributed by atoms with Crippen LogP contribution in [0.4, 0.5) is 8.78 Å². The molecule has 2 fully saturated rings. The van der Waals surface area contributed by atoms with Crippen LogP contribution in [0.25, 0.3) is 5.57 Å². The Balaban J connectivity index is 1.18. The lowest BCUT2D eigenvalue weighted by atomic mass is 9.72. The Kier molecular flexibility index (Phi) is 8.14. The summed E-state index contributed by atoms with van der Waals surface area (Å²) in [6, 6.07) is 8.74. The first kappa shape index (κ1) is 31.1. The predicted octanol–water partition coefficient (Wildman–Crippen LogP) is 4.92. The molecule has 2 saturated heterocycles. The van der Waals surface area contributed by atoms with Crippen molar-refractivity contribution >= 4 is 29.2 Å². The van der Waals surface area contributed by atoms with Crippen LogP contribution in [-0.4, -0.2) is 76.1 Å². The number of piperazine rings is 1. The van der Waals surface area contributed by atoms with Gasteiger partial charge in [0.15, 0.2) is 0 Å². The molecule has 3 atom stereocenters. The third-order valence-electron chi connectivity index (χ3n) is 10.0. The quantitative estimate of drug-likeness (QED) is 0.481. The monoisotopic (exact) mass is 618 g/mol. The summed E-state index contributed by atoms with van der Waals surface area (Å²) in [5.74, 6) is -2.85. The zero-order valence-corrected chi connectivity index (χ0v) is 26.3. The van der Waals surface area contributed by atoms with Crippen molar-refractivity contribution in [1.29, 1.82) is 0 Å². The summed E-state index contributed by atoms with van der Waals surface area (Å²) in [6.07, 6.45) is 3.21. The molecule has 2 aromatic rings. The molecule has 4 amide bonds. The molecule has 10 heteroatoms. The van der Waals surface area contributed by atoms with E-state index < -0.39 is 35.5 Å². The molecule has 2 aromatic carbocycles. The van der Waals surface area contributed by atoms with E-state index in [0.29, 0.717) is 13.1 Å². The van der Waals surface area contributed by atoms with Crippen molar-refractivity contribution in [3.63, 3.8) is 0 Å². The molecule has 8 nitrogen and oxygen atoms in total. The van der Waals surface area contributed by atoms with Crippen molar-refractivity contribution in [1.82, 2.24) is 20.0 Å². The van der Waals surface area contributed by atoms with Crippen LogP contribution in [0.15, 0.2) is 42.0 Å². The number of amides is 4. The molecule has 0 spiro atoms. The average molecular weight is 619 g/mol. The molecule has 45 heavy (non-hydrogen) atoms. The van der Waals surface area contributed by atoms with Crippen LogP contribution in [0, 0.1) is 17.0 Å². The first-order chi connectivity index (χ1) is 21.3. The average Bonchev–Trinajstić information content (AvgIpc) is 3.32. The van der Waals surface area contributed by atoms with Crippen LogP contribution in [-0.2, 0) is 16.1 Å². The second kappa shape index (κ2) is 11.8. The summed E-state index contributed by atoms with van der Waals surface area (Å²) < 4.78 is 29.6. The number of piperidine rings is 1. The van der Waals surface area contributed by atoms with Gasteiger partial charge in [-0.15, -0.1) is 0 Å². The standard InChI is InChI=1S/C35H40F2N4O4/c1-20-16-39(17-21(2)40(20)18-23-13-14-35(3,4)15-27(23)22-5-7-24(36)8-6-22)33(44)26-10-9-25-28(31(26)37)19-41(34(25)45)29-11-12-30(42)38-32(29)43/h5-10,20-21,29H,11-19H2,1-4H3,(H,38,42,43). The first-order valence-corrected chi connectivity index (χ1v) is 15.8. The Bertz CT molecular complexity index is 1590. The van der Waals surface area contributed by atoms with E-state index in [4.69, 9.17) is 0 Å². The van der Waals surface area contributed by atoms with Gasteiger partial charge in [-0.05, 0) is 80.3 Å². The summed E-state index contributed by atoms with van der Waals surface area (Å²) in [7, 11) is 0. The fourth-order valence-corrected chi connectivity index (χ4v) is 7.46. The number of nitrogens with zero attached hydrogens (tertiary/aromatic N) is 3. The van der Waals surface area contributed by atoms with E-state index in [2.05, 4.69) is 37.9 Å². The van der Waals surface area contributed by atoms with Gasteiger partial charge in [-0.3, -0.25) is 29.4 Å². The zero-order chi connectivity index (χ0) is 32.2. The van der Waals surface area contributed by atoms with E-state index >= 15 is 4.39 Å². The van der Waals surface area contributed by atoms with E-state index in [1.165, 1.54) is 40.3 Å². The van der Waals surface area contributed by atoms with Gasteiger partial charge in [0, 0.05) is 49.3 Å². The Hall–Kier alpha value is -3.92. The smallest absolute Gasteiger partial charge is 0.256 e. The van der Waals surface area contributed by atoms with Crippen LogP contribution in [0.2, 0.25) is 0 Å². The predicted molar refractivity (Wildman–Crippen MR) is 165 cm³/mol. The summed E-state index contributed by atoms with van der Waals surface area (Å²) in [5, 5.41) is 2.25. The molecule has 1 N–H and O–H groups in total. The fourth-order valence-electron chi connectivity index (χ4n) is 7.46. The summed E-state index contributed by atoms with van der Waals surface area (Å²) >= 11 is 0. The van der Waals surface area contributed by atoms with Gasteiger partial charge < -0.3 is 9.80 Å². The highest BCUT2D eigenvalue weighted by atomic mass is 19.1. The van der Waals surface area contributed by atoms with Gasteiger partial charge in [0.2, 0.25) is 11.8 Å². The van der Waals surface area contributed by atoms with Crippen LogP contribution < -0.4 is 5.32 Å². The van der Waals surface area contributed by atoms with Gasteiger partial charge in [-0.2, -0.15) is 0 Å². The number of hydrogen-bond acceptors (Lipinski definition) is 5. The maximum atomic E-state index is 15.9. The van der Waals surface area contributed by atoms with E-state index in [1.807, 2.05) is 12.1 Å². The molecule has 238 valence electrons. The van der Waals surface area contributed by atoms with Crippen LogP contribution in [0.5, 0.6) is 0 Å². The van der Waals surface area contributed by atoms with Crippen molar-refractivity contribution in [3.05, 3.63) is 75.9 Å². The number of fused-ring (bicyclic) bond motifs is 1. The van der Waals surface area contributed by atoms with E-state index in [0.717, 1.165) is 31.4 Å². The lowest BCUT2D eigenvalue weighted by Crippen LogP contribution is -2.58. The highest BCUT2D eigenvalue weighted by molar-refractivity contribution is 6.06. The molecular weight excluding hydrogens is 578 g/mol. The lowest BCUT2D eigenvalue weighted by Gasteiger charge is -2.46. The van der Waals surface area contributed by atoms with E-state index in [1.54, 1.807) is 4.90 Å². The van der Waals surface area contributed by atoms with Crippen molar-refractivity contribution in [3.8, 4) is 0 Å². The SMILES string of the molecule is CC1CN(C(=O)c2ccc3c(c2F)CN(C2CCC(=O)NC2=O)C3=O)CC(C)N1CC1=C(c2ccc(F)cc2)CC(C)(C)CC1. The first-order valence-electron chi connectivity index (χ1n) is 15.8. The molecule has 3 heterocycles. The number of carbonyl (C=O) groups excluding carboxylic acids is 4. The van der Waals surface area contributed by atoms with Gasteiger partial charge in [-0.25, -0.2) is 8.78 Å². The maximum Gasteiger partial charge on any atom is 0.256 e. The normalized spacial score (nSPS) is 25.5. The van der Waals surface area contributed by atoms with Gasteiger partial charge >= 0.3 is 0 Å². The second-order valence-corrected chi connectivity index (χ2v) is 13.9. The van der Waals surface area contributed by atoms with Crippen LogP contribution in [0.3, 0.4) is 0 Å². The molecule has 1 aliphatic carbocycles. The fraction of sp³-hybridized carbons (Fsp3) is 0.486. The minimum absolute atomic E-state index is 0.0108. The number of hydrogen-bond donors (Lipinski definition) is 1. The Morgan fingerprint density at radius 2 is 1.67 bits per heavy atom. The van der Waals surface area contributed by atoms with Crippen LogP contribution >= 0.6 is 0 Å². The number of nitrogens with one attached hydrogen (secondary N) is 1. The Morgan fingerprint density at radius 3 is 2.33 bits per heavy atom. The molecule has 4 aliphatic rings. The second-order valence-electron chi connectivity index (χ2n) is 13.9. The topological polar surface area (TPSA) is 90.0 Å².